The molecule has 0 bridgehead atoms. The first kappa shape index (κ1) is 9.85. The minimum atomic E-state index is 0.510. The molecule has 0 aliphatic heterocycles. The maximum atomic E-state index is 5.68. The van der Waals surface area contributed by atoms with Crippen LogP contribution in [0.15, 0.2) is 12.3 Å². The molecule has 0 aliphatic carbocycles. The molecule has 4 heteroatoms. The van der Waals surface area contributed by atoms with Gasteiger partial charge in [-0.15, -0.1) is 0 Å². The number of pyridine rings is 1. The summed E-state index contributed by atoms with van der Waals surface area (Å²) in [6.45, 7) is 0.615. The molecule has 1 aromatic rings. The zero-order valence-electron chi connectivity index (χ0n) is 7.26. The lowest BCUT2D eigenvalue weighted by Crippen LogP contribution is -2.04. The fraction of sp³-hybridized carbons (Fsp3) is 0.222. The van der Waals surface area contributed by atoms with Gasteiger partial charge in [0.05, 0.1) is 17.3 Å². The average Bonchev–Trinajstić information content (AvgIpc) is 2.09. The third kappa shape index (κ3) is 2.94. The number of nitrogens with two attached hydrogens (primary N) is 1. The van der Waals surface area contributed by atoms with Crippen LogP contribution in [-0.4, -0.2) is 18.6 Å². The van der Waals surface area contributed by atoms with Gasteiger partial charge in [0, 0.05) is 6.20 Å². The smallest absolute Gasteiger partial charge is 0.136 e. The van der Waals surface area contributed by atoms with Crippen molar-refractivity contribution in [2.24, 2.45) is 0 Å². The summed E-state index contributed by atoms with van der Waals surface area (Å²) in [6, 6.07) is 1.64. The van der Waals surface area contributed by atoms with E-state index in [-0.39, 0.29) is 0 Å². The Kier molecular flexibility index (Phi) is 3.56. The number of hydrogen-bond donors (Lipinski definition) is 2. The summed E-state index contributed by atoms with van der Waals surface area (Å²) in [5, 5.41) is 3.43. The first-order valence-electron chi connectivity index (χ1n) is 3.78. The summed E-state index contributed by atoms with van der Waals surface area (Å²) in [7, 11) is 1.83. The van der Waals surface area contributed by atoms with Crippen LogP contribution in [0.5, 0.6) is 0 Å². The predicted molar refractivity (Wildman–Crippen MR) is 54.5 cm³/mol. The number of aromatic nitrogens is 1. The van der Waals surface area contributed by atoms with Crippen LogP contribution >= 0.6 is 11.6 Å². The van der Waals surface area contributed by atoms with Crippen LogP contribution in [0.1, 0.15) is 5.69 Å². The van der Waals surface area contributed by atoms with E-state index in [2.05, 4.69) is 22.1 Å². The molecule has 0 saturated heterocycles. The summed E-state index contributed by atoms with van der Waals surface area (Å²) in [4.78, 5) is 3.99. The Morgan fingerprint density at radius 3 is 3.08 bits per heavy atom. The lowest BCUT2D eigenvalue weighted by Gasteiger charge is -1.96. The van der Waals surface area contributed by atoms with Crippen LogP contribution in [0.4, 0.5) is 5.69 Å². The van der Waals surface area contributed by atoms with E-state index in [4.69, 9.17) is 17.3 Å². The summed E-state index contributed by atoms with van der Waals surface area (Å²) >= 11 is 5.68. The Morgan fingerprint density at radius 1 is 1.69 bits per heavy atom. The van der Waals surface area contributed by atoms with Gasteiger partial charge in [-0.25, -0.2) is 4.98 Å². The fourth-order valence-corrected chi connectivity index (χ4v) is 0.942. The molecule has 0 saturated carbocycles. The molecular weight excluding hydrogens is 186 g/mol. The van der Waals surface area contributed by atoms with E-state index in [9.17, 15) is 0 Å². The lowest BCUT2D eigenvalue weighted by atomic mass is 10.3. The van der Waals surface area contributed by atoms with E-state index in [1.807, 2.05) is 7.05 Å². The molecule has 0 spiro atoms. The van der Waals surface area contributed by atoms with Crippen molar-refractivity contribution in [1.29, 1.82) is 0 Å². The second-order valence-electron chi connectivity index (χ2n) is 2.42. The van der Waals surface area contributed by atoms with Gasteiger partial charge in [-0.2, -0.15) is 0 Å². The van der Waals surface area contributed by atoms with Crippen molar-refractivity contribution >= 4 is 17.3 Å². The highest BCUT2D eigenvalue weighted by Gasteiger charge is 1.96. The SMILES string of the molecule is CNCC#Cc1ncc(Cl)cc1N. The maximum Gasteiger partial charge on any atom is 0.136 e. The molecule has 3 nitrogen and oxygen atoms in total. The van der Waals surface area contributed by atoms with Crippen molar-refractivity contribution in [3.63, 3.8) is 0 Å². The van der Waals surface area contributed by atoms with Gasteiger partial charge in [-0.05, 0) is 19.0 Å². The van der Waals surface area contributed by atoms with Crippen LogP contribution in [0, 0.1) is 11.8 Å². The normalized spacial score (nSPS) is 9.08. The molecule has 0 fully saturated rings. The highest BCUT2D eigenvalue weighted by Crippen LogP contribution is 2.13. The fourth-order valence-electron chi connectivity index (χ4n) is 0.776. The third-order valence-electron chi connectivity index (χ3n) is 1.36. The summed E-state index contributed by atoms with van der Waals surface area (Å²) < 4.78 is 0. The second-order valence-corrected chi connectivity index (χ2v) is 2.86. The summed E-state index contributed by atoms with van der Waals surface area (Å²) in [5.41, 5.74) is 6.71. The largest absolute Gasteiger partial charge is 0.396 e. The van der Waals surface area contributed by atoms with Crippen molar-refractivity contribution < 1.29 is 0 Å². The molecule has 0 radical (unpaired) electrons. The lowest BCUT2D eigenvalue weighted by molar-refractivity contribution is 0.938. The Morgan fingerprint density at radius 2 is 2.46 bits per heavy atom. The molecule has 1 heterocycles. The van der Waals surface area contributed by atoms with Crippen molar-refractivity contribution in [3.8, 4) is 11.8 Å². The molecule has 3 N–H and O–H groups in total. The number of nitrogen functional groups attached to an aromatic ring is 1. The number of rotatable bonds is 1. The monoisotopic (exact) mass is 195 g/mol. The standard InChI is InChI=1S/C9H10ClN3/c1-12-4-2-3-9-8(11)5-7(10)6-13-9/h5-6,12H,4,11H2,1H3. The Labute approximate surface area is 82.3 Å². The third-order valence-corrected chi connectivity index (χ3v) is 1.56. The minimum Gasteiger partial charge on any atom is -0.396 e. The van der Waals surface area contributed by atoms with Crippen LogP contribution < -0.4 is 11.1 Å². The topological polar surface area (TPSA) is 50.9 Å². The van der Waals surface area contributed by atoms with Gasteiger partial charge in [-0.1, -0.05) is 17.5 Å². The molecule has 1 rings (SSSR count). The van der Waals surface area contributed by atoms with Crippen molar-refractivity contribution in [2.45, 2.75) is 0 Å². The highest BCUT2D eigenvalue weighted by atomic mass is 35.5. The molecule has 0 aromatic carbocycles. The van der Waals surface area contributed by atoms with Crippen molar-refractivity contribution in [2.75, 3.05) is 19.3 Å². The molecule has 0 amide bonds. The molecular formula is C9H10ClN3. The molecule has 13 heavy (non-hydrogen) atoms. The molecule has 68 valence electrons. The predicted octanol–water partition coefficient (Wildman–Crippen LogP) is 0.888. The summed E-state index contributed by atoms with van der Waals surface area (Å²) in [6.07, 6.45) is 1.53. The highest BCUT2D eigenvalue weighted by molar-refractivity contribution is 6.30. The van der Waals surface area contributed by atoms with Gasteiger partial charge in [0.1, 0.15) is 5.69 Å². The quantitative estimate of drug-likeness (QED) is 0.655. The maximum absolute atomic E-state index is 5.68. The molecule has 0 aliphatic rings. The molecule has 0 atom stereocenters. The van der Waals surface area contributed by atoms with Crippen molar-refractivity contribution in [3.05, 3.63) is 23.0 Å². The molecule has 0 unspecified atom stereocenters. The molecule has 1 aromatic heterocycles. The first-order valence-corrected chi connectivity index (χ1v) is 4.16. The number of anilines is 1. The van der Waals surface area contributed by atoms with Crippen LogP contribution in [0.2, 0.25) is 5.02 Å². The van der Waals surface area contributed by atoms with E-state index < -0.39 is 0 Å². The van der Waals surface area contributed by atoms with Crippen LogP contribution in [0.3, 0.4) is 0 Å². The van der Waals surface area contributed by atoms with E-state index in [1.165, 1.54) is 6.20 Å². The number of nitrogens with zero attached hydrogens (tertiary/aromatic N) is 1. The van der Waals surface area contributed by atoms with E-state index in [0.717, 1.165) is 0 Å². The second kappa shape index (κ2) is 4.70. The zero-order chi connectivity index (χ0) is 9.68. The number of hydrogen-bond acceptors (Lipinski definition) is 3. The Bertz CT molecular complexity index is 352. The van der Waals surface area contributed by atoms with Crippen LogP contribution in [0.25, 0.3) is 0 Å². The average molecular weight is 196 g/mol. The van der Waals surface area contributed by atoms with Gasteiger partial charge < -0.3 is 11.1 Å². The Hall–Kier alpha value is -1.24. The minimum absolute atomic E-state index is 0.510. The summed E-state index contributed by atoms with van der Waals surface area (Å²) in [5.74, 6) is 5.70. The van der Waals surface area contributed by atoms with E-state index in [0.29, 0.717) is 22.9 Å². The van der Waals surface area contributed by atoms with Crippen molar-refractivity contribution in [1.82, 2.24) is 10.3 Å². The zero-order valence-corrected chi connectivity index (χ0v) is 8.02. The van der Waals surface area contributed by atoms with Gasteiger partial charge in [0.25, 0.3) is 0 Å². The Balaban J connectivity index is 2.85. The van der Waals surface area contributed by atoms with Crippen LogP contribution in [-0.2, 0) is 0 Å². The van der Waals surface area contributed by atoms with E-state index >= 15 is 0 Å². The van der Waals surface area contributed by atoms with Gasteiger partial charge >= 0.3 is 0 Å². The van der Waals surface area contributed by atoms with Gasteiger partial charge in [0.15, 0.2) is 0 Å². The van der Waals surface area contributed by atoms with Gasteiger partial charge in [0.2, 0.25) is 0 Å². The van der Waals surface area contributed by atoms with E-state index in [1.54, 1.807) is 6.07 Å². The van der Waals surface area contributed by atoms with Gasteiger partial charge in [-0.3, -0.25) is 0 Å². The number of halogens is 1. The number of nitrogens with one attached hydrogen (secondary N) is 1. The first-order chi connectivity index (χ1) is 6.24.